The maximum Gasteiger partial charge on any atom is 0.215 e. The van der Waals surface area contributed by atoms with Crippen LogP contribution >= 0.6 is 0 Å². The molecule has 0 bridgehead atoms. The molecule has 0 spiro atoms. The number of hydrogen-bond donors (Lipinski definition) is 6. The number of carbonyl (C=O) groups excluding carboxylic acids is 1. The maximum absolute atomic E-state index is 11.5. The Balaban J connectivity index is 2.89. The second kappa shape index (κ2) is 12.6. The van der Waals surface area contributed by atoms with E-state index in [1.54, 1.807) is 13.1 Å². The summed E-state index contributed by atoms with van der Waals surface area (Å²) in [4.78, 5) is 15.7. The molecule has 0 aliphatic carbocycles. The first-order chi connectivity index (χ1) is 13.7. The van der Waals surface area contributed by atoms with Gasteiger partial charge in [0.2, 0.25) is 6.29 Å². The zero-order valence-corrected chi connectivity index (χ0v) is 16.9. The number of aliphatic hydroxyl groups is 5. The van der Waals surface area contributed by atoms with Crippen LogP contribution < -0.4 is 5.73 Å². The molecule has 1 fully saturated rings. The fraction of sp³-hybridized carbons (Fsp3) is 0.889. The van der Waals surface area contributed by atoms with Gasteiger partial charge < -0.3 is 45.5 Å². The van der Waals surface area contributed by atoms with Gasteiger partial charge in [-0.1, -0.05) is 13.8 Å². The van der Waals surface area contributed by atoms with Gasteiger partial charge in [-0.25, -0.2) is 0 Å². The first-order valence-electron chi connectivity index (χ1n) is 9.59. The third kappa shape index (κ3) is 7.63. The lowest BCUT2D eigenvalue weighted by Gasteiger charge is -2.41. The van der Waals surface area contributed by atoms with E-state index in [2.05, 4.69) is 4.99 Å². The average molecular weight is 422 g/mol. The van der Waals surface area contributed by atoms with E-state index in [1.807, 2.05) is 13.8 Å². The highest BCUT2D eigenvalue weighted by Gasteiger charge is 2.45. The summed E-state index contributed by atoms with van der Waals surface area (Å²) in [5, 5.41) is 48.6. The number of aliphatic hydroxyl groups excluding tert-OH is 5. The first-order valence-corrected chi connectivity index (χ1v) is 9.59. The largest absolute Gasteiger partial charge is 0.394 e. The molecule has 0 radical (unpaired) electrons. The Labute approximate surface area is 170 Å². The topological polar surface area (TPSA) is 184 Å². The lowest BCUT2D eigenvalue weighted by Crippen LogP contribution is -2.60. The SMILES string of the molecule is CC(N)CN=CC(C(C)C)C(CO)OC(C=O)OC1C(CO)OC(O)C(O)C1O. The fourth-order valence-electron chi connectivity index (χ4n) is 2.96. The lowest BCUT2D eigenvalue weighted by molar-refractivity contribution is -0.315. The number of rotatable bonds is 12. The van der Waals surface area contributed by atoms with Crippen molar-refractivity contribution in [3.05, 3.63) is 0 Å². The Morgan fingerprint density at radius 2 is 1.83 bits per heavy atom. The second-order valence-electron chi connectivity index (χ2n) is 7.50. The number of ether oxygens (including phenoxy) is 3. The number of aldehydes is 1. The Kier molecular flexibility index (Phi) is 11.3. The maximum atomic E-state index is 11.5. The summed E-state index contributed by atoms with van der Waals surface area (Å²) in [5.74, 6) is -0.361. The van der Waals surface area contributed by atoms with Crippen LogP contribution in [0.5, 0.6) is 0 Å². The van der Waals surface area contributed by atoms with Crippen molar-refractivity contribution in [1.82, 2.24) is 0 Å². The van der Waals surface area contributed by atoms with Crippen LogP contribution in [-0.2, 0) is 19.0 Å². The van der Waals surface area contributed by atoms with E-state index in [-0.39, 0.29) is 17.9 Å². The predicted molar refractivity (Wildman–Crippen MR) is 102 cm³/mol. The van der Waals surface area contributed by atoms with Gasteiger partial charge in [-0.3, -0.25) is 9.79 Å². The van der Waals surface area contributed by atoms with Gasteiger partial charge >= 0.3 is 0 Å². The van der Waals surface area contributed by atoms with E-state index in [4.69, 9.17) is 19.9 Å². The van der Waals surface area contributed by atoms with Crippen molar-refractivity contribution in [3.63, 3.8) is 0 Å². The molecule has 1 rings (SSSR count). The predicted octanol–water partition coefficient (Wildman–Crippen LogP) is -2.60. The van der Waals surface area contributed by atoms with Crippen molar-refractivity contribution in [2.75, 3.05) is 19.8 Å². The van der Waals surface area contributed by atoms with Crippen molar-refractivity contribution >= 4 is 12.5 Å². The van der Waals surface area contributed by atoms with Crippen molar-refractivity contribution in [3.8, 4) is 0 Å². The third-order valence-electron chi connectivity index (χ3n) is 4.60. The van der Waals surface area contributed by atoms with Crippen LogP contribution in [0.3, 0.4) is 0 Å². The Morgan fingerprint density at radius 3 is 2.31 bits per heavy atom. The third-order valence-corrected chi connectivity index (χ3v) is 4.60. The molecule has 9 unspecified atom stereocenters. The van der Waals surface area contributed by atoms with E-state index in [0.29, 0.717) is 12.8 Å². The van der Waals surface area contributed by atoms with Crippen molar-refractivity contribution in [2.45, 2.75) is 69.9 Å². The number of nitrogens with zero attached hydrogens (tertiary/aromatic N) is 1. The normalized spacial score (nSPS) is 32.3. The molecule has 0 aromatic carbocycles. The first kappa shape index (κ1) is 26.0. The smallest absolute Gasteiger partial charge is 0.215 e. The van der Waals surface area contributed by atoms with E-state index in [9.17, 15) is 30.3 Å². The zero-order chi connectivity index (χ0) is 22.1. The van der Waals surface area contributed by atoms with E-state index < -0.39 is 56.3 Å². The molecule has 9 atom stereocenters. The van der Waals surface area contributed by atoms with Gasteiger partial charge in [0.25, 0.3) is 0 Å². The summed E-state index contributed by atoms with van der Waals surface area (Å²) in [7, 11) is 0. The molecule has 0 aromatic heterocycles. The molecule has 1 aliphatic rings. The zero-order valence-electron chi connectivity index (χ0n) is 16.9. The lowest BCUT2D eigenvalue weighted by atomic mass is 9.91. The highest BCUT2D eigenvalue weighted by Crippen LogP contribution is 2.25. The molecule has 11 nitrogen and oxygen atoms in total. The van der Waals surface area contributed by atoms with Gasteiger partial charge in [-0.15, -0.1) is 0 Å². The number of aliphatic imine (C=N–C) groups is 1. The summed E-state index contributed by atoms with van der Waals surface area (Å²) < 4.78 is 16.0. The molecular formula is C18H34N2O9. The summed E-state index contributed by atoms with van der Waals surface area (Å²) in [6.07, 6.45) is -8.05. The van der Waals surface area contributed by atoms with Crippen molar-refractivity contribution < 1.29 is 44.5 Å². The molecular weight excluding hydrogens is 388 g/mol. The van der Waals surface area contributed by atoms with Crippen molar-refractivity contribution in [2.24, 2.45) is 22.6 Å². The van der Waals surface area contributed by atoms with Gasteiger partial charge in [0.05, 0.1) is 25.9 Å². The van der Waals surface area contributed by atoms with Gasteiger partial charge in [0, 0.05) is 18.2 Å². The second-order valence-corrected chi connectivity index (χ2v) is 7.50. The molecule has 29 heavy (non-hydrogen) atoms. The molecule has 11 heteroatoms. The molecule has 0 saturated carbocycles. The molecule has 170 valence electrons. The molecule has 7 N–H and O–H groups in total. The monoisotopic (exact) mass is 422 g/mol. The van der Waals surface area contributed by atoms with E-state index >= 15 is 0 Å². The van der Waals surface area contributed by atoms with Crippen LogP contribution in [0.4, 0.5) is 0 Å². The summed E-state index contributed by atoms with van der Waals surface area (Å²) in [6, 6.07) is -0.136. The summed E-state index contributed by atoms with van der Waals surface area (Å²) in [5.41, 5.74) is 5.67. The number of nitrogens with two attached hydrogens (primary N) is 1. The highest BCUT2D eigenvalue weighted by atomic mass is 16.7. The summed E-state index contributed by atoms with van der Waals surface area (Å²) >= 11 is 0. The number of hydrogen-bond acceptors (Lipinski definition) is 11. The fourth-order valence-corrected chi connectivity index (χ4v) is 2.96. The van der Waals surface area contributed by atoms with E-state index in [0.717, 1.165) is 0 Å². The highest BCUT2D eigenvalue weighted by molar-refractivity contribution is 5.62. The van der Waals surface area contributed by atoms with Crippen LogP contribution in [0, 0.1) is 11.8 Å². The van der Waals surface area contributed by atoms with E-state index in [1.165, 1.54) is 0 Å². The quantitative estimate of drug-likeness (QED) is 0.111. The Hall–Kier alpha value is -1.02. The standard InChI is InChI=1S/C18H34N2O9/c1-9(2)11(5-20-4-10(3)19)12(6-21)27-14(8-23)29-17-13(7-22)28-18(26)16(25)15(17)24/h5,8-18,21-22,24-26H,4,6-7,19H2,1-3H3. The summed E-state index contributed by atoms with van der Waals surface area (Å²) in [6.45, 7) is 4.90. The molecule has 1 saturated heterocycles. The minimum atomic E-state index is -1.71. The Morgan fingerprint density at radius 1 is 1.17 bits per heavy atom. The van der Waals surface area contributed by atoms with Gasteiger partial charge in [-0.2, -0.15) is 0 Å². The average Bonchev–Trinajstić information content (AvgIpc) is 2.68. The van der Waals surface area contributed by atoms with Crippen LogP contribution in [0.15, 0.2) is 4.99 Å². The van der Waals surface area contributed by atoms with Crippen LogP contribution in [0.2, 0.25) is 0 Å². The minimum absolute atomic E-state index is 0.00189. The molecule has 0 amide bonds. The minimum Gasteiger partial charge on any atom is -0.394 e. The molecule has 1 heterocycles. The Bertz CT molecular complexity index is 504. The van der Waals surface area contributed by atoms with Gasteiger partial charge in [-0.05, 0) is 12.8 Å². The molecule has 0 aromatic rings. The van der Waals surface area contributed by atoms with Crippen LogP contribution in [0.1, 0.15) is 20.8 Å². The van der Waals surface area contributed by atoms with Crippen LogP contribution in [-0.4, -0.2) is 107 Å². The van der Waals surface area contributed by atoms with Gasteiger partial charge in [0.1, 0.15) is 24.4 Å². The number of carbonyl (C=O) groups is 1. The van der Waals surface area contributed by atoms with Gasteiger partial charge in [0.15, 0.2) is 12.6 Å². The van der Waals surface area contributed by atoms with Crippen LogP contribution in [0.25, 0.3) is 0 Å². The van der Waals surface area contributed by atoms with Crippen molar-refractivity contribution in [1.29, 1.82) is 0 Å². The molecule has 1 aliphatic heterocycles.